The number of aliphatic hydroxyl groups excluding tert-OH is 1. The number of amides is 2. The summed E-state index contributed by atoms with van der Waals surface area (Å²) >= 11 is 0. The van der Waals surface area contributed by atoms with Crippen LogP contribution in [-0.2, 0) is 6.42 Å². The van der Waals surface area contributed by atoms with Gasteiger partial charge in [-0.1, -0.05) is 32.0 Å². The van der Waals surface area contributed by atoms with Crippen molar-refractivity contribution in [2.45, 2.75) is 52.2 Å². The second-order valence-corrected chi connectivity index (χ2v) is 9.76. The molecule has 0 saturated carbocycles. The first-order chi connectivity index (χ1) is 18.7. The highest BCUT2D eigenvalue weighted by atomic mass is 19.1. The number of halogens is 2. The third-order valence-electron chi connectivity index (χ3n) is 6.31. The minimum atomic E-state index is -1.09. The molecule has 0 bridgehead atoms. The van der Waals surface area contributed by atoms with Crippen LogP contribution in [0, 0.1) is 18.6 Å². The Balaban J connectivity index is 1.84. The fraction of sp³-hybridized carbons (Fsp3) is 0.355. The van der Waals surface area contributed by atoms with E-state index in [2.05, 4.69) is 10.6 Å². The molecular weight excluding hydrogens is 500 g/mol. The minimum Gasteiger partial charge on any atom is -0.389 e. The molecule has 0 saturated heterocycles. The Hall–Kier alpha value is -3.78. The summed E-state index contributed by atoms with van der Waals surface area (Å²) in [5.74, 6) is -2.11. The van der Waals surface area contributed by atoms with Crippen molar-refractivity contribution in [1.82, 2.24) is 10.2 Å². The maximum absolute atomic E-state index is 13.9. The van der Waals surface area contributed by atoms with Crippen LogP contribution in [0.5, 0.6) is 0 Å². The zero-order chi connectivity index (χ0) is 28.4. The van der Waals surface area contributed by atoms with Crippen LogP contribution in [0.15, 0.2) is 66.7 Å². The molecule has 3 aromatic carbocycles. The van der Waals surface area contributed by atoms with Crippen LogP contribution in [0.25, 0.3) is 0 Å². The highest BCUT2D eigenvalue weighted by Crippen LogP contribution is 2.16. The molecule has 0 heterocycles. The lowest BCUT2D eigenvalue weighted by atomic mass is 9.99. The number of nitrogens with zero attached hydrogens (tertiary/aromatic N) is 1. The van der Waals surface area contributed by atoms with Crippen molar-refractivity contribution in [3.8, 4) is 0 Å². The Bertz CT molecular complexity index is 1230. The average molecular weight is 538 g/mol. The summed E-state index contributed by atoms with van der Waals surface area (Å²) in [6.45, 7) is 7.15. The van der Waals surface area contributed by atoms with Gasteiger partial charge in [-0.2, -0.15) is 0 Å². The summed E-state index contributed by atoms with van der Waals surface area (Å²) < 4.78 is 27.8. The van der Waals surface area contributed by atoms with Crippen molar-refractivity contribution in [3.05, 3.63) is 101 Å². The van der Waals surface area contributed by atoms with Gasteiger partial charge >= 0.3 is 0 Å². The number of nitrogens with one attached hydrogen (secondary N) is 2. The average Bonchev–Trinajstić information content (AvgIpc) is 2.90. The first-order valence-corrected chi connectivity index (χ1v) is 13.3. The molecule has 0 aliphatic carbocycles. The molecule has 2 atom stereocenters. The fourth-order valence-electron chi connectivity index (χ4n) is 4.51. The molecule has 2 amide bonds. The number of hydrogen-bond donors (Lipinski definition) is 3. The van der Waals surface area contributed by atoms with Gasteiger partial charge in [0, 0.05) is 42.5 Å². The number of aryl methyl sites for hydroxylation is 1. The molecule has 6 nitrogen and oxygen atoms in total. The quantitative estimate of drug-likeness (QED) is 0.275. The van der Waals surface area contributed by atoms with Crippen molar-refractivity contribution in [2.24, 2.45) is 0 Å². The van der Waals surface area contributed by atoms with Gasteiger partial charge < -0.3 is 20.6 Å². The van der Waals surface area contributed by atoms with Crippen molar-refractivity contribution in [1.29, 1.82) is 0 Å². The number of rotatable bonds is 13. The van der Waals surface area contributed by atoms with Gasteiger partial charge in [0.05, 0.1) is 12.1 Å². The van der Waals surface area contributed by atoms with Crippen LogP contribution in [0.4, 0.5) is 14.5 Å². The molecule has 0 aliphatic rings. The molecule has 0 spiro atoms. The van der Waals surface area contributed by atoms with Crippen LogP contribution in [0.3, 0.4) is 0 Å². The Labute approximate surface area is 229 Å². The molecule has 0 aromatic heterocycles. The van der Waals surface area contributed by atoms with Crippen molar-refractivity contribution < 1.29 is 23.5 Å². The Kier molecular flexibility index (Phi) is 11.0. The molecule has 3 rings (SSSR count). The Morgan fingerprint density at radius 3 is 2.13 bits per heavy atom. The van der Waals surface area contributed by atoms with Gasteiger partial charge in [0.1, 0.15) is 11.6 Å². The molecule has 0 fully saturated rings. The lowest BCUT2D eigenvalue weighted by Crippen LogP contribution is -2.47. The number of carbonyl (C=O) groups excluding carboxylic acids is 2. The van der Waals surface area contributed by atoms with Crippen LogP contribution < -0.4 is 10.6 Å². The van der Waals surface area contributed by atoms with E-state index in [4.69, 9.17) is 0 Å². The topological polar surface area (TPSA) is 81.7 Å². The smallest absolute Gasteiger partial charge is 0.253 e. The second kappa shape index (κ2) is 14.4. The molecule has 8 heteroatoms. The Morgan fingerprint density at radius 2 is 1.51 bits per heavy atom. The standard InChI is InChI=1S/C31H37F2N3O3/c1-4-11-36(12-5-2)31(39)24-14-21(3)13-23(18-24)30(38)35-28(17-22-15-25(32)19-26(33)16-22)29(37)20-34-27-9-7-6-8-10-27/h6-10,13-16,18-19,28-29,34,37H,4-5,11-12,17,20H2,1-3H3,(H,35,38)/t28-,29+/m0/s1. The monoisotopic (exact) mass is 537 g/mol. The van der Waals surface area contributed by atoms with Gasteiger partial charge in [0.2, 0.25) is 0 Å². The summed E-state index contributed by atoms with van der Waals surface area (Å²) in [7, 11) is 0. The van der Waals surface area contributed by atoms with Gasteiger partial charge in [-0.25, -0.2) is 8.78 Å². The van der Waals surface area contributed by atoms with Gasteiger partial charge in [-0.15, -0.1) is 0 Å². The molecule has 208 valence electrons. The van der Waals surface area contributed by atoms with Crippen LogP contribution in [0.2, 0.25) is 0 Å². The van der Waals surface area contributed by atoms with Gasteiger partial charge in [-0.05, 0) is 79.8 Å². The highest BCUT2D eigenvalue weighted by molar-refractivity contribution is 6.00. The molecule has 0 unspecified atom stereocenters. The van der Waals surface area contributed by atoms with Crippen molar-refractivity contribution in [3.63, 3.8) is 0 Å². The predicted octanol–water partition coefficient (Wildman–Crippen LogP) is 5.35. The van der Waals surface area contributed by atoms with E-state index in [-0.39, 0.29) is 24.4 Å². The van der Waals surface area contributed by atoms with Gasteiger partial charge in [0.25, 0.3) is 11.8 Å². The Morgan fingerprint density at radius 1 is 0.897 bits per heavy atom. The number of anilines is 1. The normalized spacial score (nSPS) is 12.5. The van der Waals surface area contributed by atoms with E-state index < -0.39 is 29.7 Å². The van der Waals surface area contributed by atoms with E-state index in [1.165, 1.54) is 12.1 Å². The maximum atomic E-state index is 13.9. The molecule has 3 N–H and O–H groups in total. The summed E-state index contributed by atoms with van der Waals surface area (Å²) in [5, 5.41) is 17.0. The first-order valence-electron chi connectivity index (χ1n) is 13.3. The van der Waals surface area contributed by atoms with Gasteiger partial charge in [-0.3, -0.25) is 9.59 Å². The van der Waals surface area contributed by atoms with E-state index in [0.29, 0.717) is 24.2 Å². The molecule has 0 aliphatic heterocycles. The third-order valence-corrected chi connectivity index (χ3v) is 6.31. The van der Waals surface area contributed by atoms with Crippen LogP contribution in [0.1, 0.15) is 58.5 Å². The van der Waals surface area contributed by atoms with Gasteiger partial charge in [0.15, 0.2) is 0 Å². The molecular formula is C31H37F2N3O3. The van der Waals surface area contributed by atoms with Crippen LogP contribution >= 0.6 is 0 Å². The summed E-state index contributed by atoms with van der Waals surface area (Å²) in [6, 6.07) is 16.5. The highest BCUT2D eigenvalue weighted by Gasteiger charge is 2.24. The number of benzene rings is 3. The fourth-order valence-corrected chi connectivity index (χ4v) is 4.51. The van der Waals surface area contributed by atoms with E-state index in [1.54, 1.807) is 23.1 Å². The minimum absolute atomic E-state index is 0.00353. The molecule has 3 aromatic rings. The van der Waals surface area contributed by atoms with Crippen LogP contribution in [-0.4, -0.2) is 53.6 Å². The van der Waals surface area contributed by atoms with E-state index in [9.17, 15) is 23.5 Å². The summed E-state index contributed by atoms with van der Waals surface area (Å²) in [5.41, 5.74) is 2.51. The van der Waals surface area contributed by atoms with Crippen molar-refractivity contribution in [2.75, 3.05) is 25.0 Å². The summed E-state index contributed by atoms with van der Waals surface area (Å²) in [6.07, 6.45) is 0.553. The summed E-state index contributed by atoms with van der Waals surface area (Å²) in [4.78, 5) is 28.3. The second-order valence-electron chi connectivity index (χ2n) is 9.76. The van der Waals surface area contributed by atoms with E-state index in [0.717, 1.165) is 30.2 Å². The number of hydrogen-bond acceptors (Lipinski definition) is 4. The number of para-hydroxylation sites is 1. The largest absolute Gasteiger partial charge is 0.389 e. The lowest BCUT2D eigenvalue weighted by Gasteiger charge is -2.26. The number of aliphatic hydroxyl groups is 1. The third kappa shape index (κ3) is 8.89. The van der Waals surface area contributed by atoms with Crippen molar-refractivity contribution >= 4 is 17.5 Å². The van der Waals surface area contributed by atoms with E-state index >= 15 is 0 Å². The lowest BCUT2D eigenvalue weighted by molar-refractivity contribution is 0.0755. The SMILES string of the molecule is CCCN(CCC)C(=O)c1cc(C)cc(C(=O)N[C@@H](Cc2cc(F)cc(F)c2)[C@H](O)CNc2ccccc2)c1. The predicted molar refractivity (Wildman–Crippen MR) is 150 cm³/mol. The molecule has 0 radical (unpaired) electrons. The zero-order valence-corrected chi connectivity index (χ0v) is 22.7. The number of carbonyl (C=O) groups is 2. The maximum Gasteiger partial charge on any atom is 0.253 e. The zero-order valence-electron chi connectivity index (χ0n) is 22.7. The first kappa shape index (κ1) is 29.8. The van der Waals surface area contributed by atoms with E-state index in [1.807, 2.05) is 51.1 Å². The molecule has 39 heavy (non-hydrogen) atoms.